The number of rotatable bonds is 4. The molecule has 0 radical (unpaired) electrons. The van der Waals surface area contributed by atoms with E-state index in [0.29, 0.717) is 11.3 Å². The number of ketones is 1. The molecule has 2 rings (SSSR count). The van der Waals surface area contributed by atoms with E-state index in [4.69, 9.17) is 10.00 Å². The van der Waals surface area contributed by atoms with Crippen LogP contribution in [0.5, 0.6) is 5.75 Å². The zero-order valence-electron chi connectivity index (χ0n) is 10.3. The second-order valence-electron chi connectivity index (χ2n) is 3.94. The van der Waals surface area contributed by atoms with E-state index >= 15 is 0 Å². The Kier molecular flexibility index (Phi) is 4.49. The lowest BCUT2D eigenvalue weighted by molar-refractivity contribution is 0.0917. The summed E-state index contributed by atoms with van der Waals surface area (Å²) in [6.45, 7) is -0.322. The Balaban J connectivity index is 2.12. The highest BCUT2D eigenvalue weighted by molar-refractivity contribution is 9.10. The van der Waals surface area contributed by atoms with Crippen LogP contribution in [0.15, 0.2) is 46.9 Å². The SMILES string of the molecule is N#Cc1cc(Br)ccc1OCC(=O)c1ccccc1F. The van der Waals surface area contributed by atoms with Gasteiger partial charge < -0.3 is 4.74 Å². The van der Waals surface area contributed by atoms with Gasteiger partial charge in [-0.3, -0.25) is 4.79 Å². The van der Waals surface area contributed by atoms with E-state index in [-0.39, 0.29) is 12.2 Å². The minimum Gasteiger partial charge on any atom is -0.484 e. The second kappa shape index (κ2) is 6.31. The Bertz CT molecular complexity index is 695. The summed E-state index contributed by atoms with van der Waals surface area (Å²) >= 11 is 3.24. The number of Topliss-reactive ketones (excluding diaryl/α,β-unsaturated/α-hetero) is 1. The number of nitriles is 1. The van der Waals surface area contributed by atoms with Gasteiger partial charge in [0.05, 0.1) is 11.1 Å². The van der Waals surface area contributed by atoms with Gasteiger partial charge in [-0.15, -0.1) is 0 Å². The van der Waals surface area contributed by atoms with E-state index < -0.39 is 11.6 Å². The van der Waals surface area contributed by atoms with Crippen molar-refractivity contribution in [2.75, 3.05) is 6.61 Å². The Morgan fingerprint density at radius 2 is 2.05 bits per heavy atom. The summed E-state index contributed by atoms with van der Waals surface area (Å²) in [4.78, 5) is 11.8. The standard InChI is InChI=1S/C15H9BrFNO2/c16-11-5-6-15(10(7-11)8-18)20-9-14(19)12-3-1-2-4-13(12)17/h1-7H,9H2. The second-order valence-corrected chi connectivity index (χ2v) is 4.86. The summed E-state index contributed by atoms with van der Waals surface area (Å²) < 4.78 is 19.5. The van der Waals surface area contributed by atoms with Crippen molar-refractivity contribution < 1.29 is 13.9 Å². The first-order chi connectivity index (χ1) is 9.61. The van der Waals surface area contributed by atoms with Crippen LogP contribution in [-0.4, -0.2) is 12.4 Å². The lowest BCUT2D eigenvalue weighted by Gasteiger charge is -2.08. The highest BCUT2D eigenvalue weighted by Gasteiger charge is 2.13. The normalized spacial score (nSPS) is 9.85. The van der Waals surface area contributed by atoms with Crippen LogP contribution < -0.4 is 4.74 Å². The molecule has 0 spiro atoms. The number of carbonyl (C=O) groups excluding carboxylic acids is 1. The van der Waals surface area contributed by atoms with Crippen molar-refractivity contribution in [1.82, 2.24) is 0 Å². The van der Waals surface area contributed by atoms with Crippen LogP contribution in [0.25, 0.3) is 0 Å². The Labute approximate surface area is 123 Å². The van der Waals surface area contributed by atoms with Crippen LogP contribution >= 0.6 is 15.9 Å². The van der Waals surface area contributed by atoms with Gasteiger partial charge in [-0.05, 0) is 30.3 Å². The van der Waals surface area contributed by atoms with Gasteiger partial charge in [-0.2, -0.15) is 5.26 Å². The predicted molar refractivity (Wildman–Crippen MR) is 75.1 cm³/mol. The number of ether oxygens (including phenoxy) is 1. The Hall–Kier alpha value is -2.19. The highest BCUT2D eigenvalue weighted by Crippen LogP contribution is 2.22. The van der Waals surface area contributed by atoms with E-state index in [1.165, 1.54) is 18.2 Å². The van der Waals surface area contributed by atoms with Gasteiger partial charge in [0.2, 0.25) is 5.78 Å². The summed E-state index contributed by atoms with van der Waals surface area (Å²) in [7, 11) is 0. The van der Waals surface area contributed by atoms with Gasteiger partial charge in [0.15, 0.2) is 6.61 Å². The molecule has 2 aromatic rings. The van der Waals surface area contributed by atoms with Gasteiger partial charge in [-0.25, -0.2) is 4.39 Å². The van der Waals surface area contributed by atoms with Crippen LogP contribution in [0, 0.1) is 17.1 Å². The molecule has 0 aliphatic rings. The van der Waals surface area contributed by atoms with Crippen molar-refractivity contribution in [3.63, 3.8) is 0 Å². The van der Waals surface area contributed by atoms with E-state index in [2.05, 4.69) is 15.9 Å². The molecule has 0 saturated carbocycles. The van der Waals surface area contributed by atoms with Gasteiger partial charge in [0.25, 0.3) is 0 Å². The lowest BCUT2D eigenvalue weighted by atomic mass is 10.1. The maximum atomic E-state index is 13.4. The minimum atomic E-state index is -0.586. The molecule has 0 bridgehead atoms. The molecule has 0 aliphatic carbocycles. The third-order valence-corrected chi connectivity index (χ3v) is 3.09. The molecule has 0 fully saturated rings. The molecule has 100 valence electrons. The summed E-state index contributed by atoms with van der Waals surface area (Å²) in [5, 5.41) is 8.97. The highest BCUT2D eigenvalue weighted by atomic mass is 79.9. The topological polar surface area (TPSA) is 50.1 Å². The molecule has 3 nitrogen and oxygen atoms in total. The Morgan fingerprint density at radius 1 is 1.30 bits per heavy atom. The van der Waals surface area contributed by atoms with Crippen LogP contribution in [0.1, 0.15) is 15.9 Å². The molecule has 0 aliphatic heterocycles. The first kappa shape index (κ1) is 14.2. The fourth-order valence-corrected chi connectivity index (χ4v) is 1.98. The Morgan fingerprint density at radius 3 is 2.75 bits per heavy atom. The third kappa shape index (κ3) is 3.22. The van der Waals surface area contributed by atoms with Crippen LogP contribution in [-0.2, 0) is 0 Å². The van der Waals surface area contributed by atoms with Gasteiger partial charge in [0.1, 0.15) is 17.6 Å². The van der Waals surface area contributed by atoms with Gasteiger partial charge in [-0.1, -0.05) is 28.1 Å². The smallest absolute Gasteiger partial charge is 0.203 e. The number of halogens is 2. The summed E-state index contributed by atoms with van der Waals surface area (Å²) in [6, 6.07) is 12.5. The fraction of sp³-hybridized carbons (Fsp3) is 0.0667. The molecule has 0 amide bonds. The molecule has 0 unspecified atom stereocenters. The van der Waals surface area contributed by atoms with E-state index in [0.717, 1.165) is 4.47 Å². The van der Waals surface area contributed by atoms with E-state index in [1.807, 2.05) is 6.07 Å². The van der Waals surface area contributed by atoms with E-state index in [9.17, 15) is 9.18 Å². The lowest BCUT2D eigenvalue weighted by Crippen LogP contribution is -2.13. The predicted octanol–water partition coefficient (Wildman–Crippen LogP) is 3.72. The summed E-state index contributed by atoms with van der Waals surface area (Å²) in [5.41, 5.74) is 0.281. The fourth-order valence-electron chi connectivity index (χ4n) is 1.62. The van der Waals surface area contributed by atoms with E-state index in [1.54, 1.807) is 24.3 Å². The quantitative estimate of drug-likeness (QED) is 0.801. The summed E-state index contributed by atoms with van der Waals surface area (Å²) in [6.07, 6.45) is 0. The first-order valence-corrected chi connectivity index (χ1v) is 6.51. The molecule has 0 saturated heterocycles. The average Bonchev–Trinajstić information content (AvgIpc) is 2.46. The average molecular weight is 334 g/mol. The maximum absolute atomic E-state index is 13.4. The van der Waals surface area contributed by atoms with Crippen LogP contribution in [0.2, 0.25) is 0 Å². The molecule has 0 N–H and O–H groups in total. The molecule has 2 aromatic carbocycles. The molecular weight excluding hydrogens is 325 g/mol. The van der Waals surface area contributed by atoms with Crippen molar-refractivity contribution in [3.8, 4) is 11.8 Å². The first-order valence-electron chi connectivity index (χ1n) is 5.72. The zero-order chi connectivity index (χ0) is 14.5. The molecule has 0 aromatic heterocycles. The minimum absolute atomic E-state index is 0.0249. The number of nitrogens with zero attached hydrogens (tertiary/aromatic N) is 1. The largest absolute Gasteiger partial charge is 0.484 e. The van der Waals surface area contributed by atoms with Crippen molar-refractivity contribution in [2.24, 2.45) is 0 Å². The van der Waals surface area contributed by atoms with Gasteiger partial charge in [0, 0.05) is 4.47 Å². The molecular formula is C15H9BrFNO2. The van der Waals surface area contributed by atoms with Crippen molar-refractivity contribution in [3.05, 3.63) is 63.9 Å². The molecule has 20 heavy (non-hydrogen) atoms. The van der Waals surface area contributed by atoms with Crippen molar-refractivity contribution >= 4 is 21.7 Å². The zero-order valence-corrected chi connectivity index (χ0v) is 11.9. The molecule has 0 heterocycles. The van der Waals surface area contributed by atoms with Crippen LogP contribution in [0.4, 0.5) is 4.39 Å². The van der Waals surface area contributed by atoms with Gasteiger partial charge >= 0.3 is 0 Å². The van der Waals surface area contributed by atoms with Crippen molar-refractivity contribution in [2.45, 2.75) is 0 Å². The number of hydrogen-bond acceptors (Lipinski definition) is 3. The molecule has 5 heteroatoms. The number of carbonyl (C=O) groups is 1. The number of benzene rings is 2. The van der Waals surface area contributed by atoms with Crippen LogP contribution in [0.3, 0.4) is 0 Å². The third-order valence-electron chi connectivity index (χ3n) is 2.60. The van der Waals surface area contributed by atoms with Crippen molar-refractivity contribution in [1.29, 1.82) is 5.26 Å². The maximum Gasteiger partial charge on any atom is 0.203 e. The molecule has 0 atom stereocenters. The summed E-state index contributed by atoms with van der Waals surface area (Å²) in [5.74, 6) is -0.771. The monoisotopic (exact) mass is 333 g/mol. The number of hydrogen-bond donors (Lipinski definition) is 0.